The first-order valence-electron chi connectivity index (χ1n) is 6.81. The van der Waals surface area contributed by atoms with Gasteiger partial charge in [0, 0.05) is 21.7 Å². The fraction of sp³-hybridized carbons (Fsp3) is 1.00. The first-order chi connectivity index (χ1) is 7.36. The molecule has 0 bridgehead atoms. The number of hydrogen-bond acceptors (Lipinski definition) is 2. The van der Waals surface area contributed by atoms with Gasteiger partial charge in [-0.2, -0.15) is 0 Å². The van der Waals surface area contributed by atoms with Gasteiger partial charge in [-0.25, -0.2) is 0 Å². The average molecular weight is 312 g/mol. The van der Waals surface area contributed by atoms with E-state index in [0.29, 0.717) is 0 Å². The standard InChI is InChI=1S/2C6H16OSi.Ti/c2*1-4-8(7,5-2)6-3;/h2*7H,4-6H2,1-3H3;. The zero-order valence-corrected chi connectivity index (χ0v) is 16.2. The fourth-order valence-corrected chi connectivity index (χ4v) is 4.50. The summed E-state index contributed by atoms with van der Waals surface area (Å²) >= 11 is 0. The molecule has 0 spiro atoms. The van der Waals surface area contributed by atoms with Crippen molar-refractivity contribution >= 4 is 16.6 Å². The first-order valence-corrected chi connectivity index (χ1v) is 11.9. The van der Waals surface area contributed by atoms with Gasteiger partial charge in [0.25, 0.3) is 0 Å². The summed E-state index contributed by atoms with van der Waals surface area (Å²) in [6.07, 6.45) is 0. The Kier molecular flexibility index (Phi) is 16.5. The fourth-order valence-electron chi connectivity index (χ4n) is 1.50. The Morgan fingerprint density at radius 1 is 0.529 bits per heavy atom. The van der Waals surface area contributed by atoms with Crippen LogP contribution in [0.2, 0.25) is 36.3 Å². The number of hydrogen-bond donors (Lipinski definition) is 2. The van der Waals surface area contributed by atoms with Crippen LogP contribution >= 0.6 is 0 Å². The van der Waals surface area contributed by atoms with Gasteiger partial charge in [0.05, 0.1) is 0 Å². The molecule has 0 saturated heterocycles. The van der Waals surface area contributed by atoms with Crippen molar-refractivity contribution in [3.05, 3.63) is 0 Å². The molecule has 0 aromatic heterocycles. The van der Waals surface area contributed by atoms with Gasteiger partial charge in [0.1, 0.15) is 0 Å². The van der Waals surface area contributed by atoms with Crippen molar-refractivity contribution in [2.24, 2.45) is 0 Å². The van der Waals surface area contributed by atoms with Crippen molar-refractivity contribution < 1.29 is 31.3 Å². The minimum Gasteiger partial charge on any atom is -0.432 e. The van der Waals surface area contributed by atoms with Crippen LogP contribution < -0.4 is 0 Å². The maximum atomic E-state index is 9.58. The monoisotopic (exact) mass is 312 g/mol. The Morgan fingerprint density at radius 2 is 0.647 bits per heavy atom. The second kappa shape index (κ2) is 12.1. The molecule has 0 atom stereocenters. The molecule has 0 saturated carbocycles. The Labute approximate surface area is 125 Å². The van der Waals surface area contributed by atoms with E-state index in [4.69, 9.17) is 0 Å². The van der Waals surface area contributed by atoms with Gasteiger partial charge in [0.2, 0.25) is 0 Å². The van der Waals surface area contributed by atoms with E-state index in [1.165, 1.54) is 0 Å². The molecule has 104 valence electrons. The van der Waals surface area contributed by atoms with E-state index in [9.17, 15) is 9.59 Å². The normalized spacial score (nSPS) is 11.3. The molecule has 0 fully saturated rings. The second-order valence-corrected chi connectivity index (χ2v) is 13.7. The molecular formula is C12H32O2Si2Ti. The van der Waals surface area contributed by atoms with Crippen molar-refractivity contribution in [3.63, 3.8) is 0 Å². The van der Waals surface area contributed by atoms with E-state index in [1.54, 1.807) is 0 Å². The van der Waals surface area contributed by atoms with E-state index in [1.807, 2.05) is 0 Å². The van der Waals surface area contributed by atoms with Gasteiger partial charge in [-0.05, 0) is 36.3 Å². The predicted molar refractivity (Wildman–Crippen MR) is 78.8 cm³/mol. The Balaban J connectivity index is -0.000000218. The molecule has 2 N–H and O–H groups in total. The third-order valence-corrected chi connectivity index (χ3v) is 11.8. The largest absolute Gasteiger partial charge is 0.432 e. The summed E-state index contributed by atoms with van der Waals surface area (Å²) in [7, 11) is -3.34. The predicted octanol–water partition coefficient (Wildman–Crippen LogP) is 3.97. The Morgan fingerprint density at radius 3 is 0.647 bits per heavy atom. The minimum atomic E-state index is -1.67. The van der Waals surface area contributed by atoms with E-state index in [2.05, 4.69) is 41.5 Å². The molecule has 0 rings (SSSR count). The quantitative estimate of drug-likeness (QED) is 0.729. The Bertz CT molecular complexity index is 126. The summed E-state index contributed by atoms with van der Waals surface area (Å²) in [6, 6.07) is 6.08. The topological polar surface area (TPSA) is 40.5 Å². The summed E-state index contributed by atoms with van der Waals surface area (Å²) in [5.41, 5.74) is 0. The van der Waals surface area contributed by atoms with Crippen LogP contribution in [0.15, 0.2) is 0 Å². The summed E-state index contributed by atoms with van der Waals surface area (Å²) in [5, 5.41) is 0. The van der Waals surface area contributed by atoms with Gasteiger partial charge in [-0.15, -0.1) is 0 Å². The van der Waals surface area contributed by atoms with E-state index < -0.39 is 16.6 Å². The van der Waals surface area contributed by atoms with Crippen LogP contribution in [-0.4, -0.2) is 26.2 Å². The zero-order chi connectivity index (χ0) is 13.2. The molecule has 0 aliphatic rings. The van der Waals surface area contributed by atoms with Crippen LogP contribution in [0, 0.1) is 0 Å². The third-order valence-electron chi connectivity index (χ3n) is 3.95. The maximum Gasteiger partial charge on any atom is 0.187 e. The van der Waals surface area contributed by atoms with Crippen LogP contribution in [0.3, 0.4) is 0 Å². The molecule has 0 heterocycles. The summed E-state index contributed by atoms with van der Waals surface area (Å²) < 4.78 is 0. The molecule has 0 unspecified atom stereocenters. The molecule has 0 aromatic rings. The van der Waals surface area contributed by atoms with Crippen molar-refractivity contribution in [1.29, 1.82) is 0 Å². The zero-order valence-electron chi connectivity index (χ0n) is 12.6. The van der Waals surface area contributed by atoms with Crippen LogP contribution in [0.25, 0.3) is 0 Å². The molecule has 2 nitrogen and oxygen atoms in total. The Hall–Kier alpha value is 1.07. The van der Waals surface area contributed by atoms with Gasteiger partial charge >= 0.3 is 0 Å². The summed E-state index contributed by atoms with van der Waals surface area (Å²) in [6.45, 7) is 12.5. The molecule has 0 radical (unpaired) electrons. The van der Waals surface area contributed by atoms with Crippen molar-refractivity contribution in [3.8, 4) is 0 Å². The van der Waals surface area contributed by atoms with Gasteiger partial charge < -0.3 is 9.59 Å². The van der Waals surface area contributed by atoms with Gasteiger partial charge in [-0.3, -0.25) is 0 Å². The molecule has 17 heavy (non-hydrogen) atoms. The van der Waals surface area contributed by atoms with Gasteiger partial charge in [-0.1, -0.05) is 41.5 Å². The SMILES string of the molecule is CC[Si](O)(CC)CC.CC[Si](O)(CC)CC.[Ti]. The summed E-state index contributed by atoms with van der Waals surface area (Å²) in [5.74, 6) is 0. The van der Waals surface area contributed by atoms with Crippen LogP contribution in [-0.2, 0) is 21.7 Å². The van der Waals surface area contributed by atoms with E-state index >= 15 is 0 Å². The minimum absolute atomic E-state index is 0. The molecule has 0 aliphatic carbocycles. The van der Waals surface area contributed by atoms with Crippen molar-refractivity contribution in [2.45, 2.75) is 77.8 Å². The molecule has 0 amide bonds. The van der Waals surface area contributed by atoms with E-state index in [-0.39, 0.29) is 21.7 Å². The average Bonchev–Trinajstić information content (AvgIpc) is 2.37. The van der Waals surface area contributed by atoms with Crippen LogP contribution in [0.1, 0.15) is 41.5 Å². The van der Waals surface area contributed by atoms with E-state index in [0.717, 1.165) is 36.3 Å². The molecule has 0 aliphatic heterocycles. The maximum absolute atomic E-state index is 9.58. The molecular weight excluding hydrogens is 280 g/mol. The smallest absolute Gasteiger partial charge is 0.187 e. The summed E-state index contributed by atoms with van der Waals surface area (Å²) in [4.78, 5) is 19.2. The first kappa shape index (κ1) is 23.2. The molecule has 0 aromatic carbocycles. The molecule has 5 heteroatoms. The van der Waals surface area contributed by atoms with Crippen molar-refractivity contribution in [2.75, 3.05) is 0 Å². The van der Waals surface area contributed by atoms with Crippen LogP contribution in [0.4, 0.5) is 0 Å². The van der Waals surface area contributed by atoms with Crippen LogP contribution in [0.5, 0.6) is 0 Å². The van der Waals surface area contributed by atoms with Crippen molar-refractivity contribution in [1.82, 2.24) is 0 Å². The van der Waals surface area contributed by atoms with Gasteiger partial charge in [0.15, 0.2) is 16.6 Å². The second-order valence-electron chi connectivity index (χ2n) is 4.57. The third kappa shape index (κ3) is 10.7. The number of rotatable bonds is 6.